The van der Waals surface area contributed by atoms with Crippen LogP contribution in [0.1, 0.15) is 5.69 Å². The second-order valence-electron chi connectivity index (χ2n) is 4.58. The van der Waals surface area contributed by atoms with Gasteiger partial charge in [0.2, 0.25) is 0 Å². The minimum Gasteiger partial charge on any atom is -0.431 e. The van der Waals surface area contributed by atoms with Crippen LogP contribution in [0.25, 0.3) is 11.3 Å². The van der Waals surface area contributed by atoms with Crippen LogP contribution < -0.4 is 10.5 Å². The van der Waals surface area contributed by atoms with E-state index in [9.17, 15) is 4.39 Å². The summed E-state index contributed by atoms with van der Waals surface area (Å²) in [6, 6.07) is 6.05. The van der Waals surface area contributed by atoms with Crippen LogP contribution in [0.4, 0.5) is 10.1 Å². The van der Waals surface area contributed by atoms with Gasteiger partial charge in [0, 0.05) is 23.2 Å². The molecule has 112 valence electrons. The van der Waals surface area contributed by atoms with E-state index in [4.69, 9.17) is 22.1 Å². The predicted molar refractivity (Wildman–Crippen MR) is 86.0 cm³/mol. The van der Waals surface area contributed by atoms with E-state index in [2.05, 4.69) is 9.97 Å². The van der Waals surface area contributed by atoms with Gasteiger partial charge < -0.3 is 10.5 Å². The van der Waals surface area contributed by atoms with E-state index < -0.39 is 5.82 Å². The van der Waals surface area contributed by atoms with E-state index in [0.29, 0.717) is 21.7 Å². The summed E-state index contributed by atoms with van der Waals surface area (Å²) < 4.78 is 18.9. The summed E-state index contributed by atoms with van der Waals surface area (Å²) in [5.41, 5.74) is 7.76. The fraction of sp³-hybridized carbons (Fsp3) is 0.0667. The van der Waals surface area contributed by atoms with Gasteiger partial charge in [0.15, 0.2) is 0 Å². The molecule has 2 aromatic heterocycles. The number of anilines is 1. The Kier molecular flexibility index (Phi) is 3.96. The number of hydrogen-bond acceptors (Lipinski definition) is 5. The normalized spacial score (nSPS) is 10.7. The first-order valence-electron chi connectivity index (χ1n) is 6.34. The van der Waals surface area contributed by atoms with Crippen LogP contribution >= 0.6 is 22.9 Å². The van der Waals surface area contributed by atoms with Gasteiger partial charge in [0.1, 0.15) is 11.6 Å². The summed E-state index contributed by atoms with van der Waals surface area (Å²) in [6.07, 6.45) is 1.70. The van der Waals surface area contributed by atoms with Crippen molar-refractivity contribution in [3.8, 4) is 22.2 Å². The number of pyridine rings is 1. The van der Waals surface area contributed by atoms with Crippen molar-refractivity contribution in [2.24, 2.45) is 0 Å². The van der Waals surface area contributed by atoms with E-state index in [1.807, 2.05) is 12.3 Å². The second kappa shape index (κ2) is 5.90. The molecule has 0 saturated heterocycles. The number of rotatable bonds is 3. The third-order valence-corrected chi connectivity index (χ3v) is 4.08. The van der Waals surface area contributed by atoms with Gasteiger partial charge in [-0.05, 0) is 25.1 Å². The van der Waals surface area contributed by atoms with Gasteiger partial charge in [-0.25, -0.2) is 9.37 Å². The molecule has 4 nitrogen and oxygen atoms in total. The van der Waals surface area contributed by atoms with Gasteiger partial charge in [-0.15, -0.1) is 0 Å². The quantitative estimate of drug-likeness (QED) is 0.706. The van der Waals surface area contributed by atoms with Crippen LogP contribution in [-0.2, 0) is 0 Å². The first-order chi connectivity index (χ1) is 10.5. The van der Waals surface area contributed by atoms with Crippen molar-refractivity contribution in [3.05, 3.63) is 52.4 Å². The van der Waals surface area contributed by atoms with Crippen LogP contribution in [0.15, 0.2) is 35.8 Å². The summed E-state index contributed by atoms with van der Waals surface area (Å²) in [5, 5.41) is 2.80. The van der Waals surface area contributed by atoms with Crippen molar-refractivity contribution in [3.63, 3.8) is 0 Å². The highest BCUT2D eigenvalue weighted by atomic mass is 35.5. The molecule has 2 heterocycles. The zero-order chi connectivity index (χ0) is 15.7. The Labute approximate surface area is 135 Å². The molecule has 3 rings (SSSR count). The Morgan fingerprint density at radius 3 is 2.86 bits per heavy atom. The number of aryl methyl sites for hydroxylation is 1. The lowest BCUT2D eigenvalue weighted by Crippen LogP contribution is -1.91. The maximum atomic E-state index is 13.4. The Morgan fingerprint density at radius 1 is 1.32 bits per heavy atom. The van der Waals surface area contributed by atoms with Crippen LogP contribution in [-0.4, -0.2) is 9.97 Å². The van der Waals surface area contributed by atoms with Crippen LogP contribution in [0.5, 0.6) is 10.9 Å². The lowest BCUT2D eigenvalue weighted by molar-refractivity contribution is 0.474. The van der Waals surface area contributed by atoms with Gasteiger partial charge in [0.25, 0.3) is 5.19 Å². The fourth-order valence-electron chi connectivity index (χ4n) is 1.76. The molecule has 0 radical (unpaired) electrons. The van der Waals surface area contributed by atoms with E-state index in [1.165, 1.54) is 23.5 Å². The lowest BCUT2D eigenvalue weighted by Gasteiger charge is -2.03. The van der Waals surface area contributed by atoms with Crippen molar-refractivity contribution in [1.82, 2.24) is 9.97 Å². The minimum atomic E-state index is -0.524. The maximum absolute atomic E-state index is 13.4. The third kappa shape index (κ3) is 3.03. The standard InChI is InChI=1S/C15H11ClFN3OS/c1-8-11(16)4-9(6-19-8)14-7-22-15(20-14)21-10-2-3-13(18)12(17)5-10/h2-7H,18H2,1H3. The molecule has 0 fully saturated rings. The molecule has 0 bridgehead atoms. The number of hydrogen-bond donors (Lipinski definition) is 1. The van der Waals surface area contributed by atoms with E-state index in [1.54, 1.807) is 18.3 Å². The Bertz CT molecular complexity index is 837. The zero-order valence-corrected chi connectivity index (χ0v) is 13.1. The molecule has 0 aliphatic carbocycles. The average molecular weight is 336 g/mol. The fourth-order valence-corrected chi connectivity index (χ4v) is 2.62. The molecular weight excluding hydrogens is 325 g/mol. The topological polar surface area (TPSA) is 61.0 Å². The molecule has 0 aliphatic rings. The van der Waals surface area contributed by atoms with Crippen LogP contribution in [0.2, 0.25) is 5.02 Å². The largest absolute Gasteiger partial charge is 0.431 e. The molecule has 0 atom stereocenters. The first-order valence-corrected chi connectivity index (χ1v) is 7.59. The van der Waals surface area contributed by atoms with Gasteiger partial charge in [0.05, 0.1) is 22.1 Å². The number of nitrogens with two attached hydrogens (primary N) is 1. The molecule has 1 aromatic carbocycles. The molecule has 0 unspecified atom stereocenters. The zero-order valence-electron chi connectivity index (χ0n) is 11.5. The summed E-state index contributed by atoms with van der Waals surface area (Å²) >= 11 is 7.36. The van der Waals surface area contributed by atoms with Gasteiger partial charge in [-0.1, -0.05) is 22.9 Å². The highest BCUT2D eigenvalue weighted by molar-refractivity contribution is 7.11. The minimum absolute atomic E-state index is 0.0764. The number of ether oxygens (including phenoxy) is 1. The molecule has 7 heteroatoms. The van der Waals surface area contributed by atoms with Crippen molar-refractivity contribution in [1.29, 1.82) is 0 Å². The predicted octanol–water partition coefficient (Wildman–Crippen LogP) is 4.68. The van der Waals surface area contributed by atoms with Crippen molar-refractivity contribution < 1.29 is 9.13 Å². The first kappa shape index (κ1) is 14.7. The highest BCUT2D eigenvalue weighted by Gasteiger charge is 2.09. The number of benzene rings is 1. The molecule has 3 aromatic rings. The molecule has 0 spiro atoms. The summed E-state index contributed by atoms with van der Waals surface area (Å²) in [6.45, 7) is 1.83. The molecule has 2 N–H and O–H groups in total. The Morgan fingerprint density at radius 2 is 2.14 bits per heavy atom. The molecule has 0 saturated carbocycles. The maximum Gasteiger partial charge on any atom is 0.279 e. The number of halogens is 2. The van der Waals surface area contributed by atoms with Gasteiger partial charge in [-0.2, -0.15) is 0 Å². The SMILES string of the molecule is Cc1ncc(-c2csc(Oc3ccc(N)c(F)c3)n2)cc1Cl. The van der Waals surface area contributed by atoms with Crippen molar-refractivity contribution >= 4 is 28.6 Å². The number of aromatic nitrogens is 2. The van der Waals surface area contributed by atoms with Gasteiger partial charge in [-0.3, -0.25) is 4.98 Å². The summed E-state index contributed by atoms with van der Waals surface area (Å²) in [5.74, 6) is -0.184. The molecule has 0 amide bonds. The van der Waals surface area contributed by atoms with E-state index in [0.717, 1.165) is 11.3 Å². The third-order valence-electron chi connectivity index (χ3n) is 2.98. The molecular formula is C15H11ClFN3OS. The molecule has 0 aliphatic heterocycles. The van der Waals surface area contributed by atoms with Crippen molar-refractivity contribution in [2.45, 2.75) is 6.92 Å². The number of nitrogen functional groups attached to an aromatic ring is 1. The van der Waals surface area contributed by atoms with Crippen LogP contribution in [0, 0.1) is 12.7 Å². The Hall–Kier alpha value is -2.18. The van der Waals surface area contributed by atoms with E-state index >= 15 is 0 Å². The van der Waals surface area contributed by atoms with Crippen molar-refractivity contribution in [2.75, 3.05) is 5.73 Å². The monoisotopic (exact) mass is 335 g/mol. The average Bonchev–Trinajstić information content (AvgIpc) is 2.94. The second-order valence-corrected chi connectivity index (χ2v) is 5.80. The van der Waals surface area contributed by atoms with E-state index in [-0.39, 0.29) is 5.69 Å². The summed E-state index contributed by atoms with van der Waals surface area (Å²) in [7, 11) is 0. The summed E-state index contributed by atoms with van der Waals surface area (Å²) in [4.78, 5) is 8.54. The number of thiazole rings is 1. The Balaban J connectivity index is 1.84. The highest BCUT2D eigenvalue weighted by Crippen LogP contribution is 2.31. The smallest absolute Gasteiger partial charge is 0.279 e. The molecule has 22 heavy (non-hydrogen) atoms. The van der Waals surface area contributed by atoms with Gasteiger partial charge >= 0.3 is 0 Å². The lowest BCUT2D eigenvalue weighted by atomic mass is 10.2. The number of nitrogens with zero attached hydrogens (tertiary/aromatic N) is 2. The van der Waals surface area contributed by atoms with Crippen LogP contribution in [0.3, 0.4) is 0 Å².